The van der Waals surface area contributed by atoms with Gasteiger partial charge < -0.3 is 19.9 Å². The van der Waals surface area contributed by atoms with Crippen LogP contribution in [0.5, 0.6) is 11.5 Å². The van der Waals surface area contributed by atoms with Crippen molar-refractivity contribution in [3.63, 3.8) is 0 Å². The lowest BCUT2D eigenvalue weighted by Gasteiger charge is -2.18. The highest BCUT2D eigenvalue weighted by Gasteiger charge is 2.22. The highest BCUT2D eigenvalue weighted by Crippen LogP contribution is 2.34. The molecule has 1 aliphatic rings. The Hall–Kier alpha value is -3.02. The number of ether oxygens (including phenoxy) is 2. The van der Waals surface area contributed by atoms with Gasteiger partial charge in [-0.2, -0.15) is 0 Å². The quantitative estimate of drug-likeness (QED) is 0.882. The molecule has 6 heteroatoms. The van der Waals surface area contributed by atoms with Gasteiger partial charge in [-0.15, -0.1) is 0 Å². The fourth-order valence-electron chi connectivity index (χ4n) is 2.50. The van der Waals surface area contributed by atoms with Gasteiger partial charge in [-0.05, 0) is 36.8 Å². The van der Waals surface area contributed by atoms with Crippen LogP contribution >= 0.6 is 0 Å². The fraction of sp³-hybridized carbons (Fsp3) is 0.222. The van der Waals surface area contributed by atoms with Gasteiger partial charge in [-0.3, -0.25) is 9.59 Å². The summed E-state index contributed by atoms with van der Waals surface area (Å²) in [6.45, 7) is 2.07. The van der Waals surface area contributed by atoms with E-state index in [2.05, 4.69) is 5.32 Å². The second-order valence-corrected chi connectivity index (χ2v) is 5.60. The number of fused-ring (bicyclic) bond motifs is 1. The number of amides is 1. The molecule has 2 N–H and O–H groups in total. The minimum absolute atomic E-state index is 0.137. The van der Waals surface area contributed by atoms with Crippen molar-refractivity contribution in [2.24, 2.45) is 0 Å². The summed E-state index contributed by atoms with van der Waals surface area (Å²) >= 11 is 0. The molecular formula is C18H17NO5. The van der Waals surface area contributed by atoms with Gasteiger partial charge in [-0.1, -0.05) is 23.8 Å². The van der Waals surface area contributed by atoms with Crippen molar-refractivity contribution in [2.75, 3.05) is 6.79 Å². The van der Waals surface area contributed by atoms with Gasteiger partial charge in [0, 0.05) is 5.56 Å². The first-order valence-corrected chi connectivity index (χ1v) is 7.52. The van der Waals surface area contributed by atoms with Crippen molar-refractivity contribution >= 4 is 11.9 Å². The summed E-state index contributed by atoms with van der Waals surface area (Å²) in [4.78, 5) is 23.6. The maximum Gasteiger partial charge on any atom is 0.305 e. The van der Waals surface area contributed by atoms with Gasteiger partial charge in [0.25, 0.3) is 5.91 Å². The molecule has 1 aliphatic heterocycles. The molecule has 0 spiro atoms. The molecule has 0 unspecified atom stereocenters. The third-order valence-electron chi connectivity index (χ3n) is 3.80. The van der Waals surface area contributed by atoms with E-state index in [1.54, 1.807) is 30.3 Å². The predicted molar refractivity (Wildman–Crippen MR) is 86.2 cm³/mol. The Balaban J connectivity index is 1.82. The lowest BCUT2D eigenvalue weighted by molar-refractivity contribution is -0.137. The topological polar surface area (TPSA) is 84.9 Å². The van der Waals surface area contributed by atoms with Crippen LogP contribution in [-0.4, -0.2) is 23.8 Å². The number of nitrogens with one attached hydrogen (secondary N) is 1. The second-order valence-electron chi connectivity index (χ2n) is 5.60. The summed E-state index contributed by atoms with van der Waals surface area (Å²) in [5.41, 5.74) is 2.18. The van der Waals surface area contributed by atoms with Crippen molar-refractivity contribution in [3.8, 4) is 11.5 Å². The summed E-state index contributed by atoms with van der Waals surface area (Å²) in [6.07, 6.45) is -0.225. The lowest BCUT2D eigenvalue weighted by Crippen LogP contribution is -2.30. The molecule has 1 heterocycles. The largest absolute Gasteiger partial charge is 0.481 e. The zero-order chi connectivity index (χ0) is 17.1. The van der Waals surface area contributed by atoms with Crippen molar-refractivity contribution in [1.82, 2.24) is 5.32 Å². The van der Waals surface area contributed by atoms with Gasteiger partial charge in [-0.25, -0.2) is 0 Å². The van der Waals surface area contributed by atoms with E-state index in [-0.39, 0.29) is 19.1 Å². The highest BCUT2D eigenvalue weighted by atomic mass is 16.7. The Morgan fingerprint density at radius 1 is 1.12 bits per heavy atom. The van der Waals surface area contributed by atoms with E-state index in [0.717, 1.165) is 5.56 Å². The number of benzene rings is 2. The average molecular weight is 327 g/mol. The van der Waals surface area contributed by atoms with Gasteiger partial charge in [0.05, 0.1) is 12.5 Å². The number of aliphatic carboxylic acids is 1. The minimum Gasteiger partial charge on any atom is -0.481 e. The molecule has 2 aromatic carbocycles. The molecule has 0 radical (unpaired) electrons. The fourth-order valence-corrected chi connectivity index (χ4v) is 2.50. The van der Waals surface area contributed by atoms with Crippen LogP contribution in [0.15, 0.2) is 42.5 Å². The molecule has 1 atom stereocenters. The normalized spacial score (nSPS) is 13.4. The number of aryl methyl sites for hydroxylation is 1. The van der Waals surface area contributed by atoms with E-state index in [1.165, 1.54) is 0 Å². The smallest absolute Gasteiger partial charge is 0.305 e. The maximum atomic E-state index is 12.4. The predicted octanol–water partition coefficient (Wildman–Crippen LogP) is 2.67. The van der Waals surface area contributed by atoms with Gasteiger partial charge in [0.15, 0.2) is 11.5 Å². The molecule has 0 aromatic heterocycles. The Labute approximate surface area is 139 Å². The molecule has 3 rings (SSSR count). The van der Waals surface area contributed by atoms with E-state index >= 15 is 0 Å². The zero-order valence-corrected chi connectivity index (χ0v) is 13.1. The Kier molecular flexibility index (Phi) is 4.37. The van der Waals surface area contributed by atoms with Crippen LogP contribution < -0.4 is 14.8 Å². The van der Waals surface area contributed by atoms with Crippen LogP contribution in [0.25, 0.3) is 0 Å². The van der Waals surface area contributed by atoms with E-state index in [9.17, 15) is 9.59 Å². The van der Waals surface area contributed by atoms with Crippen LogP contribution in [0.2, 0.25) is 0 Å². The Morgan fingerprint density at radius 2 is 1.83 bits per heavy atom. The molecule has 6 nitrogen and oxygen atoms in total. The van der Waals surface area contributed by atoms with E-state index in [0.29, 0.717) is 22.6 Å². The highest BCUT2D eigenvalue weighted by molar-refractivity contribution is 5.94. The first-order valence-electron chi connectivity index (χ1n) is 7.52. The third kappa shape index (κ3) is 3.48. The van der Waals surface area contributed by atoms with Crippen molar-refractivity contribution in [3.05, 3.63) is 59.2 Å². The van der Waals surface area contributed by atoms with Crippen molar-refractivity contribution in [1.29, 1.82) is 0 Å². The van der Waals surface area contributed by atoms with Crippen LogP contribution in [0.4, 0.5) is 0 Å². The molecule has 2 aromatic rings. The van der Waals surface area contributed by atoms with E-state index < -0.39 is 12.0 Å². The number of carboxylic acids is 1. The first-order chi connectivity index (χ1) is 11.5. The monoisotopic (exact) mass is 327 g/mol. The van der Waals surface area contributed by atoms with E-state index in [4.69, 9.17) is 14.6 Å². The van der Waals surface area contributed by atoms with Crippen LogP contribution in [-0.2, 0) is 4.79 Å². The van der Waals surface area contributed by atoms with Crippen molar-refractivity contribution < 1.29 is 24.2 Å². The summed E-state index contributed by atoms with van der Waals surface area (Å²) in [6, 6.07) is 11.6. The minimum atomic E-state index is -0.998. The summed E-state index contributed by atoms with van der Waals surface area (Å²) in [5, 5.41) is 11.9. The van der Waals surface area contributed by atoms with Crippen LogP contribution in [0.3, 0.4) is 0 Å². The lowest BCUT2D eigenvalue weighted by atomic mass is 10.0. The first kappa shape index (κ1) is 15.9. The van der Waals surface area contributed by atoms with E-state index in [1.807, 2.05) is 19.1 Å². The van der Waals surface area contributed by atoms with Crippen LogP contribution in [0, 0.1) is 6.92 Å². The second kappa shape index (κ2) is 6.62. The number of hydrogen-bond donors (Lipinski definition) is 2. The molecule has 124 valence electrons. The molecule has 0 saturated heterocycles. The van der Waals surface area contributed by atoms with Crippen LogP contribution in [0.1, 0.15) is 33.9 Å². The zero-order valence-electron chi connectivity index (χ0n) is 13.1. The van der Waals surface area contributed by atoms with Gasteiger partial charge in [0.1, 0.15) is 0 Å². The summed E-state index contributed by atoms with van der Waals surface area (Å²) in [7, 11) is 0. The molecule has 0 aliphatic carbocycles. The summed E-state index contributed by atoms with van der Waals surface area (Å²) < 4.78 is 10.6. The number of carbonyl (C=O) groups excluding carboxylic acids is 1. The van der Waals surface area contributed by atoms with Gasteiger partial charge in [0.2, 0.25) is 6.79 Å². The maximum absolute atomic E-state index is 12.4. The molecule has 0 bridgehead atoms. The number of carboxylic acid groups (broad SMARTS) is 1. The standard InChI is InChI=1S/C18H17NO5/c1-11-2-4-12(5-3-11)18(22)19-14(9-17(20)21)13-6-7-15-16(8-13)24-10-23-15/h2-8,14H,9-10H2,1H3,(H,19,22)(H,20,21)/t14-/m1/s1. The van der Waals surface area contributed by atoms with Crippen molar-refractivity contribution in [2.45, 2.75) is 19.4 Å². The Bertz CT molecular complexity index is 769. The third-order valence-corrected chi connectivity index (χ3v) is 3.80. The number of rotatable bonds is 5. The average Bonchev–Trinajstić information content (AvgIpc) is 3.02. The SMILES string of the molecule is Cc1ccc(C(=O)N[C@H](CC(=O)O)c2ccc3c(c2)OCO3)cc1. The number of carbonyl (C=O) groups is 2. The molecule has 0 fully saturated rings. The molecule has 0 saturated carbocycles. The molecular weight excluding hydrogens is 310 g/mol. The summed E-state index contributed by atoms with van der Waals surface area (Å²) in [5.74, 6) is -0.161. The molecule has 1 amide bonds. The Morgan fingerprint density at radius 3 is 2.54 bits per heavy atom. The number of hydrogen-bond acceptors (Lipinski definition) is 4. The van der Waals surface area contributed by atoms with Gasteiger partial charge >= 0.3 is 5.97 Å². The molecule has 24 heavy (non-hydrogen) atoms.